The lowest BCUT2D eigenvalue weighted by Gasteiger charge is -2.16. The lowest BCUT2D eigenvalue weighted by Crippen LogP contribution is -2.23. The highest BCUT2D eigenvalue weighted by molar-refractivity contribution is 7.12. The Morgan fingerprint density at radius 3 is 2.57 bits per heavy atom. The van der Waals surface area contributed by atoms with E-state index < -0.39 is 0 Å². The van der Waals surface area contributed by atoms with Crippen LogP contribution in [0, 0.1) is 13.8 Å². The minimum absolute atomic E-state index is 0.236. The van der Waals surface area contributed by atoms with E-state index in [1.54, 1.807) is 0 Å². The van der Waals surface area contributed by atoms with Gasteiger partial charge in [-0.25, -0.2) is 0 Å². The van der Waals surface area contributed by atoms with Crippen molar-refractivity contribution < 1.29 is 4.79 Å². The number of carbonyl (C=O) groups excluding carboxylic acids is 1. The molecule has 1 N–H and O–H groups in total. The first-order valence-corrected chi connectivity index (χ1v) is 8.15. The summed E-state index contributed by atoms with van der Waals surface area (Å²) >= 11 is 1.84. The summed E-state index contributed by atoms with van der Waals surface area (Å²) in [5.74, 6) is 0.236. The number of amides is 1. The highest BCUT2D eigenvalue weighted by Gasteiger charge is 2.21. The summed E-state index contributed by atoms with van der Waals surface area (Å²) in [7, 11) is 0. The van der Waals surface area contributed by atoms with Gasteiger partial charge in [0.2, 0.25) is 5.91 Å². The molecule has 4 heteroatoms. The number of aryl methyl sites for hydroxylation is 2. The van der Waals surface area contributed by atoms with Crippen molar-refractivity contribution in [2.24, 2.45) is 0 Å². The summed E-state index contributed by atoms with van der Waals surface area (Å²) in [5.41, 5.74) is 3.45. The van der Waals surface area contributed by atoms with E-state index in [1.165, 1.54) is 15.3 Å². The fourth-order valence-electron chi connectivity index (χ4n) is 2.74. The standard InChI is InChI=1S/C17H20N2OS/c1-12-10-14(13(2)21-12)11-18-15-5-7-16(8-6-15)19-9-3-4-17(19)20/h5-8,10,18H,3-4,9,11H2,1-2H3. The van der Waals surface area contributed by atoms with Crippen molar-refractivity contribution in [3.63, 3.8) is 0 Å². The van der Waals surface area contributed by atoms with Crippen molar-refractivity contribution in [2.45, 2.75) is 33.2 Å². The Morgan fingerprint density at radius 2 is 2.00 bits per heavy atom. The maximum atomic E-state index is 11.7. The number of benzene rings is 1. The molecule has 3 nitrogen and oxygen atoms in total. The third kappa shape index (κ3) is 3.10. The lowest BCUT2D eigenvalue weighted by atomic mass is 10.2. The van der Waals surface area contributed by atoms with E-state index in [0.717, 1.165) is 30.9 Å². The molecule has 110 valence electrons. The maximum Gasteiger partial charge on any atom is 0.227 e. The zero-order valence-electron chi connectivity index (χ0n) is 12.5. The van der Waals surface area contributed by atoms with E-state index >= 15 is 0 Å². The molecule has 21 heavy (non-hydrogen) atoms. The van der Waals surface area contributed by atoms with E-state index in [9.17, 15) is 4.79 Å². The van der Waals surface area contributed by atoms with E-state index in [2.05, 4.69) is 37.4 Å². The molecule has 1 aromatic carbocycles. The van der Waals surface area contributed by atoms with Crippen molar-refractivity contribution in [1.82, 2.24) is 0 Å². The number of rotatable bonds is 4. The first-order chi connectivity index (χ1) is 10.1. The normalized spacial score (nSPS) is 14.8. The molecule has 1 fully saturated rings. The Morgan fingerprint density at radius 1 is 1.24 bits per heavy atom. The van der Waals surface area contributed by atoms with Crippen molar-refractivity contribution in [3.8, 4) is 0 Å². The molecule has 2 aromatic rings. The van der Waals surface area contributed by atoms with Crippen LogP contribution in [-0.4, -0.2) is 12.5 Å². The minimum Gasteiger partial charge on any atom is -0.381 e. The van der Waals surface area contributed by atoms with Crippen molar-refractivity contribution in [3.05, 3.63) is 45.6 Å². The van der Waals surface area contributed by atoms with Crippen LogP contribution >= 0.6 is 11.3 Å². The molecule has 1 amide bonds. The summed E-state index contributed by atoms with van der Waals surface area (Å²) < 4.78 is 0. The van der Waals surface area contributed by atoms with Gasteiger partial charge in [-0.15, -0.1) is 11.3 Å². The number of nitrogens with zero attached hydrogens (tertiary/aromatic N) is 1. The molecule has 0 aliphatic carbocycles. The molecule has 1 saturated heterocycles. The summed E-state index contributed by atoms with van der Waals surface area (Å²) in [6.45, 7) is 6.00. The van der Waals surface area contributed by atoms with Gasteiger partial charge in [0, 0.05) is 40.6 Å². The topological polar surface area (TPSA) is 32.3 Å². The molecular formula is C17H20N2OS. The lowest BCUT2D eigenvalue weighted by molar-refractivity contribution is -0.117. The van der Waals surface area contributed by atoms with Crippen LogP contribution in [0.4, 0.5) is 11.4 Å². The van der Waals surface area contributed by atoms with Crippen molar-refractivity contribution in [2.75, 3.05) is 16.8 Å². The van der Waals surface area contributed by atoms with Crippen molar-refractivity contribution >= 4 is 28.6 Å². The van der Waals surface area contributed by atoms with Crippen LogP contribution in [-0.2, 0) is 11.3 Å². The molecule has 0 atom stereocenters. The summed E-state index contributed by atoms with van der Waals surface area (Å²) in [4.78, 5) is 16.3. The number of hydrogen-bond donors (Lipinski definition) is 1. The van der Waals surface area contributed by atoms with Crippen LogP contribution in [0.25, 0.3) is 0 Å². The van der Waals surface area contributed by atoms with Gasteiger partial charge in [-0.2, -0.15) is 0 Å². The largest absolute Gasteiger partial charge is 0.381 e. The average Bonchev–Trinajstić information content (AvgIpc) is 3.03. The Balaban J connectivity index is 1.64. The summed E-state index contributed by atoms with van der Waals surface area (Å²) in [6.07, 6.45) is 1.65. The SMILES string of the molecule is Cc1cc(CNc2ccc(N3CCCC3=O)cc2)c(C)s1. The van der Waals surface area contributed by atoms with E-state index in [1.807, 2.05) is 28.4 Å². The average molecular weight is 300 g/mol. The highest BCUT2D eigenvalue weighted by atomic mass is 32.1. The van der Waals surface area contributed by atoms with Crippen LogP contribution in [0.15, 0.2) is 30.3 Å². The van der Waals surface area contributed by atoms with E-state index in [0.29, 0.717) is 6.42 Å². The Bertz CT molecular complexity index is 645. The molecular weight excluding hydrogens is 280 g/mol. The summed E-state index contributed by atoms with van der Waals surface area (Å²) in [5, 5.41) is 3.45. The second kappa shape index (κ2) is 5.90. The first-order valence-electron chi connectivity index (χ1n) is 7.34. The minimum atomic E-state index is 0.236. The number of carbonyl (C=O) groups is 1. The van der Waals surface area contributed by atoms with Gasteiger partial charge in [0.05, 0.1) is 0 Å². The number of hydrogen-bond acceptors (Lipinski definition) is 3. The van der Waals surface area contributed by atoms with Crippen LogP contribution < -0.4 is 10.2 Å². The molecule has 2 heterocycles. The van der Waals surface area contributed by atoms with E-state index in [4.69, 9.17) is 0 Å². The van der Waals surface area contributed by atoms with Gasteiger partial charge in [-0.05, 0) is 56.2 Å². The third-order valence-corrected chi connectivity index (χ3v) is 4.89. The third-order valence-electron chi connectivity index (χ3n) is 3.88. The van der Waals surface area contributed by atoms with Gasteiger partial charge >= 0.3 is 0 Å². The molecule has 1 aromatic heterocycles. The predicted octanol–water partition coefficient (Wildman–Crippen LogP) is 4.10. The second-order valence-electron chi connectivity index (χ2n) is 5.49. The molecule has 3 rings (SSSR count). The highest BCUT2D eigenvalue weighted by Crippen LogP contribution is 2.24. The predicted molar refractivity (Wildman–Crippen MR) is 89.1 cm³/mol. The Kier molecular flexibility index (Phi) is 3.97. The fourth-order valence-corrected chi connectivity index (χ4v) is 3.68. The summed E-state index contributed by atoms with van der Waals surface area (Å²) in [6, 6.07) is 10.4. The second-order valence-corrected chi connectivity index (χ2v) is 6.95. The Hall–Kier alpha value is -1.81. The zero-order chi connectivity index (χ0) is 14.8. The van der Waals surface area contributed by atoms with E-state index in [-0.39, 0.29) is 5.91 Å². The van der Waals surface area contributed by atoms with Crippen LogP contribution in [0.1, 0.15) is 28.2 Å². The monoisotopic (exact) mass is 300 g/mol. The number of nitrogens with one attached hydrogen (secondary N) is 1. The molecule has 1 aliphatic heterocycles. The molecule has 1 aliphatic rings. The molecule has 0 spiro atoms. The van der Waals surface area contributed by atoms with Gasteiger partial charge in [0.1, 0.15) is 0 Å². The smallest absolute Gasteiger partial charge is 0.227 e. The molecule has 0 radical (unpaired) electrons. The van der Waals surface area contributed by atoms with Crippen LogP contribution in [0.5, 0.6) is 0 Å². The van der Waals surface area contributed by atoms with Gasteiger partial charge in [0.25, 0.3) is 0 Å². The van der Waals surface area contributed by atoms with Crippen LogP contribution in [0.2, 0.25) is 0 Å². The Labute approximate surface area is 129 Å². The van der Waals surface area contributed by atoms with Gasteiger partial charge in [-0.1, -0.05) is 0 Å². The van der Waals surface area contributed by atoms with Crippen molar-refractivity contribution in [1.29, 1.82) is 0 Å². The first kappa shape index (κ1) is 14.1. The fraction of sp³-hybridized carbons (Fsp3) is 0.353. The molecule has 0 saturated carbocycles. The quantitative estimate of drug-likeness (QED) is 0.922. The van der Waals surface area contributed by atoms with Gasteiger partial charge < -0.3 is 10.2 Å². The zero-order valence-corrected chi connectivity index (χ0v) is 13.3. The van der Waals surface area contributed by atoms with Crippen LogP contribution in [0.3, 0.4) is 0 Å². The molecule has 0 bridgehead atoms. The van der Waals surface area contributed by atoms with Gasteiger partial charge in [-0.3, -0.25) is 4.79 Å². The maximum absolute atomic E-state index is 11.7. The number of anilines is 2. The number of thiophene rings is 1. The van der Waals surface area contributed by atoms with Gasteiger partial charge in [0.15, 0.2) is 0 Å². The molecule has 0 unspecified atom stereocenters.